The third-order valence-electron chi connectivity index (χ3n) is 5.67. The Labute approximate surface area is 220 Å². The zero-order chi connectivity index (χ0) is 25.2. The van der Waals surface area contributed by atoms with E-state index in [9.17, 15) is 0 Å². The predicted molar refractivity (Wildman–Crippen MR) is 151 cm³/mol. The second-order valence-electron chi connectivity index (χ2n) is 9.28. The van der Waals surface area contributed by atoms with Gasteiger partial charge >= 0.3 is 0 Å². The Morgan fingerprint density at radius 1 is 1.06 bits per heavy atom. The van der Waals surface area contributed by atoms with Crippen LogP contribution in [0.15, 0.2) is 75.9 Å². The molecular weight excluding hydrogens is 545 g/mol. The molecule has 4 aromatic rings. The van der Waals surface area contributed by atoms with Crippen LogP contribution in [0.5, 0.6) is 11.5 Å². The van der Waals surface area contributed by atoms with E-state index >= 15 is 0 Å². The number of methoxy groups -OCH3 is 1. The van der Waals surface area contributed by atoms with Gasteiger partial charge in [-0.1, -0.05) is 79.5 Å². The first-order valence-electron chi connectivity index (χ1n) is 11.6. The SMILES string of the molecule is CCCn1nc2ccccc2c1[P@](=Nc1cc(Cl)ccc1OC)(Oc1cccc(Br)c1)C(C)(C)C. The van der Waals surface area contributed by atoms with Crippen molar-refractivity contribution in [2.45, 2.75) is 45.8 Å². The van der Waals surface area contributed by atoms with Gasteiger partial charge in [0.25, 0.3) is 0 Å². The summed E-state index contributed by atoms with van der Waals surface area (Å²) in [5.74, 6) is 1.38. The molecule has 0 aliphatic rings. The molecule has 0 saturated heterocycles. The molecule has 3 aromatic carbocycles. The van der Waals surface area contributed by atoms with Crippen molar-refractivity contribution in [3.05, 3.63) is 76.2 Å². The molecule has 1 atom stereocenters. The number of benzene rings is 3. The number of rotatable bonds is 7. The zero-order valence-corrected chi connectivity index (χ0v) is 23.9. The van der Waals surface area contributed by atoms with Gasteiger partial charge in [0.1, 0.15) is 22.6 Å². The number of ether oxygens (including phenoxy) is 1. The van der Waals surface area contributed by atoms with E-state index in [2.05, 4.69) is 54.4 Å². The highest BCUT2D eigenvalue weighted by Crippen LogP contribution is 2.63. The van der Waals surface area contributed by atoms with Gasteiger partial charge in [-0.15, -0.1) is 0 Å². The lowest BCUT2D eigenvalue weighted by atomic mass is 10.2. The lowest BCUT2D eigenvalue weighted by Crippen LogP contribution is -2.32. The molecule has 0 unspecified atom stereocenters. The fourth-order valence-corrected chi connectivity index (χ4v) is 7.87. The van der Waals surface area contributed by atoms with Gasteiger partial charge in [0, 0.05) is 26.6 Å². The standard InChI is InChI=1S/C27H30BrClN3O2P/c1-6-16-32-26(22-12-7-8-13-23(22)30-32)35(27(2,3)4,34-21-11-9-10-19(28)17-21)31-24-18-20(29)14-15-25(24)33-5/h7-15,17-18H,6,16H2,1-5H3/t35-/m0/s1. The number of fused-ring (bicyclic) bond motifs is 1. The minimum absolute atomic E-state index is 0.392. The lowest BCUT2D eigenvalue weighted by Gasteiger charge is -2.37. The van der Waals surface area contributed by atoms with E-state index in [4.69, 9.17) is 30.7 Å². The van der Waals surface area contributed by atoms with Crippen molar-refractivity contribution in [2.75, 3.05) is 7.11 Å². The number of hydrogen-bond donors (Lipinski definition) is 0. The molecule has 0 bridgehead atoms. The second kappa shape index (κ2) is 10.4. The highest BCUT2D eigenvalue weighted by Gasteiger charge is 2.43. The Bertz CT molecular complexity index is 1410. The van der Waals surface area contributed by atoms with E-state index in [-0.39, 0.29) is 0 Å². The van der Waals surface area contributed by atoms with Crippen LogP contribution >= 0.6 is 34.8 Å². The van der Waals surface area contributed by atoms with Crippen molar-refractivity contribution >= 4 is 56.8 Å². The van der Waals surface area contributed by atoms with Crippen LogP contribution in [0.3, 0.4) is 0 Å². The van der Waals surface area contributed by atoms with E-state index in [0.29, 0.717) is 16.5 Å². The van der Waals surface area contributed by atoms with Crippen molar-refractivity contribution in [1.82, 2.24) is 9.78 Å². The topological polar surface area (TPSA) is 48.6 Å². The fraction of sp³-hybridized carbons (Fsp3) is 0.296. The fourth-order valence-electron chi connectivity index (χ4n) is 4.04. The van der Waals surface area contributed by atoms with E-state index in [1.54, 1.807) is 7.11 Å². The first kappa shape index (κ1) is 25.8. The van der Waals surface area contributed by atoms with Gasteiger partial charge in [0.05, 0.1) is 12.6 Å². The van der Waals surface area contributed by atoms with Gasteiger partial charge in [0.15, 0.2) is 7.28 Å². The summed E-state index contributed by atoms with van der Waals surface area (Å²) in [6.07, 6.45) is 0.933. The van der Waals surface area contributed by atoms with Crippen LogP contribution in [0.25, 0.3) is 10.9 Å². The second-order valence-corrected chi connectivity index (χ2v) is 13.9. The zero-order valence-electron chi connectivity index (χ0n) is 20.6. The number of nitrogens with zero attached hydrogens (tertiary/aromatic N) is 3. The van der Waals surface area contributed by atoms with Gasteiger partial charge in [-0.3, -0.25) is 4.68 Å². The summed E-state index contributed by atoms with van der Waals surface area (Å²) in [5.41, 5.74) is 2.59. The van der Waals surface area contributed by atoms with Crippen molar-refractivity contribution in [2.24, 2.45) is 4.74 Å². The molecule has 0 fully saturated rings. The molecule has 0 spiro atoms. The quantitative estimate of drug-likeness (QED) is 0.207. The predicted octanol–water partition coefficient (Wildman–Crippen LogP) is 8.82. The highest BCUT2D eigenvalue weighted by atomic mass is 79.9. The molecule has 0 N–H and O–H groups in total. The molecule has 0 aliphatic carbocycles. The Morgan fingerprint density at radius 2 is 1.83 bits per heavy atom. The molecule has 35 heavy (non-hydrogen) atoms. The largest absolute Gasteiger partial charge is 0.494 e. The molecular formula is C27H30BrClN3O2P. The van der Waals surface area contributed by atoms with Crippen LogP contribution in [-0.2, 0) is 6.54 Å². The van der Waals surface area contributed by atoms with Gasteiger partial charge in [-0.05, 0) is 48.9 Å². The van der Waals surface area contributed by atoms with E-state index in [0.717, 1.165) is 39.5 Å². The molecule has 1 aromatic heterocycles. The Balaban J connectivity index is 2.17. The Hall–Kier alpha value is -2.27. The summed E-state index contributed by atoms with van der Waals surface area (Å²) in [6, 6.07) is 21.6. The van der Waals surface area contributed by atoms with Gasteiger partial charge in [-0.25, -0.2) is 4.74 Å². The number of aryl methyl sites for hydroxylation is 1. The van der Waals surface area contributed by atoms with Gasteiger partial charge < -0.3 is 9.26 Å². The molecule has 184 valence electrons. The number of halogens is 2. The minimum Gasteiger partial charge on any atom is -0.494 e. The van der Waals surface area contributed by atoms with Crippen LogP contribution in [0, 0.1) is 0 Å². The lowest BCUT2D eigenvalue weighted by molar-refractivity contribution is 0.416. The Kier molecular flexibility index (Phi) is 7.65. The maximum Gasteiger partial charge on any atom is 0.191 e. The van der Waals surface area contributed by atoms with Crippen LogP contribution in [-0.4, -0.2) is 22.0 Å². The number of aromatic nitrogens is 2. The molecule has 8 heteroatoms. The van der Waals surface area contributed by atoms with Gasteiger partial charge in [-0.2, -0.15) is 5.10 Å². The summed E-state index contributed by atoms with van der Waals surface area (Å²) in [6.45, 7) is 9.44. The summed E-state index contributed by atoms with van der Waals surface area (Å²) >= 11 is 10.0. The molecule has 0 radical (unpaired) electrons. The van der Waals surface area contributed by atoms with Crippen molar-refractivity contribution < 1.29 is 9.26 Å². The van der Waals surface area contributed by atoms with E-state index < -0.39 is 12.4 Å². The smallest absolute Gasteiger partial charge is 0.191 e. The minimum atomic E-state index is -2.86. The molecule has 0 saturated carbocycles. The van der Waals surface area contributed by atoms with Gasteiger partial charge in [0.2, 0.25) is 0 Å². The van der Waals surface area contributed by atoms with E-state index in [1.165, 1.54) is 0 Å². The van der Waals surface area contributed by atoms with Crippen LogP contribution in [0.4, 0.5) is 5.69 Å². The molecule has 1 heterocycles. The first-order valence-corrected chi connectivity index (χ1v) is 14.4. The molecule has 0 amide bonds. The van der Waals surface area contributed by atoms with E-state index in [1.807, 2.05) is 60.7 Å². The summed E-state index contributed by atoms with van der Waals surface area (Å²) in [5, 5.41) is 6.22. The van der Waals surface area contributed by atoms with Crippen LogP contribution in [0.2, 0.25) is 5.02 Å². The first-order chi connectivity index (χ1) is 16.7. The van der Waals surface area contributed by atoms with Crippen LogP contribution in [0.1, 0.15) is 34.1 Å². The summed E-state index contributed by atoms with van der Waals surface area (Å²) in [7, 11) is -1.21. The monoisotopic (exact) mass is 573 g/mol. The third-order valence-corrected chi connectivity index (χ3v) is 10.2. The third kappa shape index (κ3) is 5.16. The van der Waals surface area contributed by atoms with Crippen molar-refractivity contribution in [3.63, 3.8) is 0 Å². The van der Waals surface area contributed by atoms with Crippen molar-refractivity contribution in [1.29, 1.82) is 0 Å². The molecule has 5 nitrogen and oxygen atoms in total. The molecule has 4 rings (SSSR count). The average molecular weight is 575 g/mol. The maximum absolute atomic E-state index is 7.09. The molecule has 0 aliphatic heterocycles. The number of hydrogen-bond acceptors (Lipinski definition) is 4. The highest BCUT2D eigenvalue weighted by molar-refractivity contribution is 9.10. The van der Waals surface area contributed by atoms with Crippen molar-refractivity contribution in [3.8, 4) is 11.5 Å². The summed E-state index contributed by atoms with van der Waals surface area (Å²) < 4.78 is 21.3. The summed E-state index contributed by atoms with van der Waals surface area (Å²) in [4.78, 5) is 0. The Morgan fingerprint density at radius 3 is 2.51 bits per heavy atom. The average Bonchev–Trinajstić information content (AvgIpc) is 3.16. The maximum atomic E-state index is 7.09. The van der Waals surface area contributed by atoms with Crippen LogP contribution < -0.4 is 14.7 Å². The normalized spacial score (nSPS) is 13.5.